The summed E-state index contributed by atoms with van der Waals surface area (Å²) in [6.07, 6.45) is 0. The normalized spacial score (nSPS) is 12.9. The van der Waals surface area contributed by atoms with Gasteiger partial charge in [0.25, 0.3) is 11.8 Å². The van der Waals surface area contributed by atoms with Crippen LogP contribution in [0.15, 0.2) is 24.3 Å². The van der Waals surface area contributed by atoms with Gasteiger partial charge in [-0.05, 0) is 12.1 Å². The maximum absolute atomic E-state index is 13.6. The maximum atomic E-state index is 13.6. The lowest BCUT2D eigenvalue weighted by molar-refractivity contribution is -0.118. The highest BCUT2D eigenvalue weighted by molar-refractivity contribution is 6.07. The molecule has 0 radical (unpaired) electrons. The van der Waals surface area contributed by atoms with Gasteiger partial charge in [0, 0.05) is 12.1 Å². The number of halogens is 4. The predicted molar refractivity (Wildman–Crippen MR) is 74.8 cm³/mol. The molecule has 1 heterocycles. The number of amides is 2. The summed E-state index contributed by atoms with van der Waals surface area (Å²) in [5, 5.41) is 4.49. The molecule has 0 bridgehead atoms. The Morgan fingerprint density at radius 2 is 1.88 bits per heavy atom. The zero-order valence-corrected chi connectivity index (χ0v) is 11.8. The van der Waals surface area contributed by atoms with Crippen molar-refractivity contribution in [3.8, 4) is 5.75 Å². The van der Waals surface area contributed by atoms with Gasteiger partial charge in [-0.1, -0.05) is 0 Å². The molecule has 9 heteroatoms. The second-order valence-corrected chi connectivity index (χ2v) is 4.84. The van der Waals surface area contributed by atoms with E-state index >= 15 is 0 Å². The molecule has 2 amide bonds. The van der Waals surface area contributed by atoms with Crippen LogP contribution >= 0.6 is 0 Å². The molecule has 1 aliphatic rings. The first-order chi connectivity index (χ1) is 11.4. The fraction of sp³-hybridized carbons (Fsp3) is 0.0667. The lowest BCUT2D eigenvalue weighted by atomic mass is 10.1. The van der Waals surface area contributed by atoms with Gasteiger partial charge in [0.1, 0.15) is 5.82 Å². The summed E-state index contributed by atoms with van der Waals surface area (Å²) in [5.74, 6) is -7.41. The van der Waals surface area contributed by atoms with Crippen molar-refractivity contribution in [2.75, 3.05) is 17.2 Å². The number of anilines is 2. The quantitative estimate of drug-likeness (QED) is 0.653. The van der Waals surface area contributed by atoms with Gasteiger partial charge >= 0.3 is 0 Å². The molecule has 124 valence electrons. The van der Waals surface area contributed by atoms with Crippen molar-refractivity contribution in [1.29, 1.82) is 0 Å². The van der Waals surface area contributed by atoms with E-state index in [1.54, 1.807) is 0 Å². The molecule has 0 saturated heterocycles. The summed E-state index contributed by atoms with van der Waals surface area (Å²) in [5.41, 5.74) is -0.988. The van der Waals surface area contributed by atoms with Crippen LogP contribution in [-0.2, 0) is 4.79 Å². The van der Waals surface area contributed by atoms with Gasteiger partial charge in [-0.15, -0.1) is 0 Å². The van der Waals surface area contributed by atoms with Crippen LogP contribution in [0.1, 0.15) is 10.4 Å². The molecule has 2 aromatic rings. The van der Waals surface area contributed by atoms with E-state index in [-0.39, 0.29) is 23.7 Å². The van der Waals surface area contributed by atoms with Crippen molar-refractivity contribution >= 4 is 23.2 Å². The van der Waals surface area contributed by atoms with E-state index in [2.05, 4.69) is 10.6 Å². The Bertz CT molecular complexity index is 870. The first-order valence-electron chi connectivity index (χ1n) is 6.58. The number of ether oxygens (including phenoxy) is 1. The fourth-order valence-corrected chi connectivity index (χ4v) is 2.15. The van der Waals surface area contributed by atoms with Crippen LogP contribution in [0.25, 0.3) is 0 Å². The Balaban J connectivity index is 1.96. The highest BCUT2D eigenvalue weighted by Gasteiger charge is 2.24. The van der Waals surface area contributed by atoms with Gasteiger partial charge in [-0.25, -0.2) is 17.6 Å². The zero-order valence-electron chi connectivity index (χ0n) is 11.8. The van der Waals surface area contributed by atoms with Crippen LogP contribution < -0.4 is 15.4 Å². The lowest BCUT2D eigenvalue weighted by Gasteiger charge is -2.21. The van der Waals surface area contributed by atoms with Crippen LogP contribution in [-0.4, -0.2) is 18.4 Å². The number of benzene rings is 2. The standard InChI is InChI=1S/C15H8F4N2O3/c16-6-3-9-14(24-5-11(22)20-9)10(4-6)21-15(23)7-1-2-8(17)13(19)12(7)18/h1-4H,5H2,(H,20,22)(H,21,23). The molecule has 2 aromatic carbocycles. The number of nitrogens with one attached hydrogen (secondary N) is 2. The maximum Gasteiger partial charge on any atom is 0.262 e. The Hall–Kier alpha value is -3.10. The average molecular weight is 340 g/mol. The second-order valence-electron chi connectivity index (χ2n) is 4.84. The monoisotopic (exact) mass is 340 g/mol. The zero-order chi connectivity index (χ0) is 17.4. The average Bonchev–Trinajstić information content (AvgIpc) is 2.52. The molecule has 24 heavy (non-hydrogen) atoms. The van der Waals surface area contributed by atoms with Crippen LogP contribution in [0.5, 0.6) is 5.75 Å². The van der Waals surface area contributed by atoms with E-state index in [1.165, 1.54) is 0 Å². The first-order valence-corrected chi connectivity index (χ1v) is 6.58. The van der Waals surface area contributed by atoms with Gasteiger partial charge in [-0.3, -0.25) is 9.59 Å². The van der Waals surface area contributed by atoms with Crippen molar-refractivity contribution in [3.05, 3.63) is 53.1 Å². The largest absolute Gasteiger partial charge is 0.479 e. The van der Waals surface area contributed by atoms with E-state index in [1.807, 2.05) is 0 Å². The van der Waals surface area contributed by atoms with Gasteiger partial charge in [0.15, 0.2) is 29.8 Å². The Kier molecular flexibility index (Phi) is 3.84. The van der Waals surface area contributed by atoms with Gasteiger partial charge in [0.2, 0.25) is 0 Å². The molecule has 0 saturated carbocycles. The molecular formula is C15H8F4N2O3. The van der Waals surface area contributed by atoms with Crippen LogP contribution in [0.4, 0.5) is 28.9 Å². The summed E-state index contributed by atoms with van der Waals surface area (Å²) in [7, 11) is 0. The minimum Gasteiger partial charge on any atom is -0.479 e. The number of fused-ring (bicyclic) bond motifs is 1. The summed E-state index contributed by atoms with van der Waals surface area (Å²) in [6.45, 7) is -0.360. The van der Waals surface area contributed by atoms with Crippen molar-refractivity contribution in [1.82, 2.24) is 0 Å². The number of hydrogen-bond donors (Lipinski definition) is 2. The topological polar surface area (TPSA) is 67.4 Å². The molecule has 0 aromatic heterocycles. The van der Waals surface area contributed by atoms with E-state index in [4.69, 9.17) is 4.74 Å². The number of rotatable bonds is 2. The van der Waals surface area contributed by atoms with E-state index in [9.17, 15) is 27.2 Å². The van der Waals surface area contributed by atoms with E-state index < -0.39 is 40.6 Å². The molecule has 0 fully saturated rings. The summed E-state index contributed by atoms with van der Waals surface area (Å²) >= 11 is 0. The third-order valence-corrected chi connectivity index (χ3v) is 3.20. The highest BCUT2D eigenvalue weighted by Crippen LogP contribution is 2.37. The molecule has 1 aliphatic heterocycles. The SMILES string of the molecule is O=C1COc2c(cc(F)cc2NC(=O)c2ccc(F)c(F)c2F)N1. The highest BCUT2D eigenvalue weighted by atomic mass is 19.2. The third kappa shape index (κ3) is 2.75. The number of carbonyl (C=O) groups excluding carboxylic acids is 2. The Morgan fingerprint density at radius 3 is 2.62 bits per heavy atom. The van der Waals surface area contributed by atoms with Crippen LogP contribution in [0.3, 0.4) is 0 Å². The molecule has 0 aliphatic carbocycles. The minimum absolute atomic E-state index is 0.0210. The Morgan fingerprint density at radius 1 is 1.12 bits per heavy atom. The second kappa shape index (κ2) is 5.84. The summed E-state index contributed by atoms with van der Waals surface area (Å²) in [6, 6.07) is 3.19. The molecule has 0 atom stereocenters. The van der Waals surface area contributed by atoms with Crippen molar-refractivity contribution in [2.24, 2.45) is 0 Å². The molecular weight excluding hydrogens is 332 g/mol. The number of hydrogen-bond acceptors (Lipinski definition) is 3. The first kappa shape index (κ1) is 15.8. The fourth-order valence-electron chi connectivity index (χ4n) is 2.15. The van der Waals surface area contributed by atoms with Crippen molar-refractivity contribution in [3.63, 3.8) is 0 Å². The predicted octanol–water partition coefficient (Wildman–Crippen LogP) is 2.83. The smallest absolute Gasteiger partial charge is 0.262 e. The lowest BCUT2D eigenvalue weighted by Crippen LogP contribution is -2.26. The van der Waals surface area contributed by atoms with Crippen LogP contribution in [0, 0.1) is 23.3 Å². The van der Waals surface area contributed by atoms with Gasteiger partial charge < -0.3 is 15.4 Å². The number of carbonyl (C=O) groups is 2. The third-order valence-electron chi connectivity index (χ3n) is 3.20. The van der Waals surface area contributed by atoms with Gasteiger partial charge in [0.05, 0.1) is 16.9 Å². The van der Waals surface area contributed by atoms with Crippen LogP contribution in [0.2, 0.25) is 0 Å². The molecule has 0 spiro atoms. The van der Waals surface area contributed by atoms with Crippen molar-refractivity contribution in [2.45, 2.75) is 0 Å². The van der Waals surface area contributed by atoms with Crippen molar-refractivity contribution < 1.29 is 31.9 Å². The minimum atomic E-state index is -1.80. The summed E-state index contributed by atoms with van der Waals surface area (Å²) in [4.78, 5) is 23.3. The Labute approximate surface area is 132 Å². The molecule has 2 N–H and O–H groups in total. The molecule has 3 rings (SSSR count). The van der Waals surface area contributed by atoms with E-state index in [0.717, 1.165) is 18.2 Å². The molecule has 5 nitrogen and oxygen atoms in total. The van der Waals surface area contributed by atoms with E-state index in [0.29, 0.717) is 6.07 Å². The molecule has 0 unspecified atom stereocenters. The van der Waals surface area contributed by atoms with Gasteiger partial charge in [-0.2, -0.15) is 0 Å². The summed E-state index contributed by atoms with van der Waals surface area (Å²) < 4.78 is 58.5.